The third-order valence-corrected chi connectivity index (χ3v) is 6.86. The molecule has 1 aliphatic heterocycles. The van der Waals surface area contributed by atoms with Gasteiger partial charge in [0.15, 0.2) is 9.84 Å². The molecule has 22 heavy (non-hydrogen) atoms. The number of thioether (sulfide) groups is 1. The van der Waals surface area contributed by atoms with Crippen LogP contribution in [-0.4, -0.2) is 50.9 Å². The predicted molar refractivity (Wildman–Crippen MR) is 92.1 cm³/mol. The standard InChI is InChI=1S/C15H22N2O3S2/c1-17(2)13-5-3-12(4-6-13)9-16-15(18)10-21-14-7-8-22(19,20)11-14/h3-6,14H,7-11H2,1-2H3,(H,16,18)/t14-/m0/s1. The highest BCUT2D eigenvalue weighted by Gasteiger charge is 2.28. The summed E-state index contributed by atoms with van der Waals surface area (Å²) in [6.07, 6.45) is 0.659. The lowest BCUT2D eigenvalue weighted by atomic mass is 10.2. The number of sulfone groups is 1. The average Bonchev–Trinajstić information content (AvgIpc) is 2.82. The van der Waals surface area contributed by atoms with Crippen LogP contribution in [0.3, 0.4) is 0 Å². The van der Waals surface area contributed by atoms with Crippen LogP contribution in [-0.2, 0) is 21.2 Å². The van der Waals surface area contributed by atoms with Gasteiger partial charge in [-0.1, -0.05) is 12.1 Å². The van der Waals surface area contributed by atoms with Crippen molar-refractivity contribution in [3.63, 3.8) is 0 Å². The van der Waals surface area contributed by atoms with Crippen LogP contribution in [0, 0.1) is 0 Å². The normalized spacial score (nSPS) is 19.8. The molecule has 1 saturated heterocycles. The highest BCUT2D eigenvalue weighted by Crippen LogP contribution is 2.24. The van der Waals surface area contributed by atoms with Crippen molar-refractivity contribution in [2.45, 2.75) is 18.2 Å². The van der Waals surface area contributed by atoms with Crippen LogP contribution in [0.2, 0.25) is 0 Å². The molecule has 0 saturated carbocycles. The van der Waals surface area contributed by atoms with Crippen LogP contribution in [0.4, 0.5) is 5.69 Å². The molecule has 0 aromatic heterocycles. The third kappa shape index (κ3) is 5.21. The monoisotopic (exact) mass is 342 g/mol. The number of rotatable bonds is 6. The molecule has 1 aliphatic rings. The lowest BCUT2D eigenvalue weighted by molar-refractivity contribution is -0.118. The molecule has 0 spiro atoms. The van der Waals surface area contributed by atoms with Crippen molar-refractivity contribution in [1.29, 1.82) is 0 Å². The van der Waals surface area contributed by atoms with Gasteiger partial charge < -0.3 is 10.2 Å². The lowest BCUT2D eigenvalue weighted by Gasteiger charge is -2.13. The Kier molecular flexibility index (Phi) is 5.74. The predicted octanol–water partition coefficient (Wildman–Crippen LogP) is 1.29. The van der Waals surface area contributed by atoms with Crippen LogP contribution < -0.4 is 10.2 Å². The molecule has 1 N–H and O–H groups in total. The topological polar surface area (TPSA) is 66.5 Å². The van der Waals surface area contributed by atoms with Gasteiger partial charge in [-0.3, -0.25) is 4.79 Å². The minimum Gasteiger partial charge on any atom is -0.378 e. The second-order valence-electron chi connectivity index (χ2n) is 5.67. The Labute approximate surface area is 136 Å². The van der Waals surface area contributed by atoms with Crippen molar-refractivity contribution in [3.05, 3.63) is 29.8 Å². The van der Waals surface area contributed by atoms with Crippen LogP contribution in [0.25, 0.3) is 0 Å². The molecule has 1 heterocycles. The lowest BCUT2D eigenvalue weighted by Crippen LogP contribution is -2.25. The van der Waals surface area contributed by atoms with Crippen LogP contribution >= 0.6 is 11.8 Å². The minimum absolute atomic E-state index is 0.0500. The number of hydrogen-bond donors (Lipinski definition) is 1. The van der Waals surface area contributed by atoms with Gasteiger partial charge in [0.05, 0.1) is 17.3 Å². The van der Waals surface area contributed by atoms with E-state index in [1.54, 1.807) is 0 Å². The second-order valence-corrected chi connectivity index (χ2v) is 9.19. The van der Waals surface area contributed by atoms with E-state index in [0.717, 1.165) is 11.3 Å². The number of carbonyl (C=O) groups is 1. The molecule has 1 aromatic rings. The molecule has 1 amide bonds. The summed E-state index contributed by atoms with van der Waals surface area (Å²) in [5.41, 5.74) is 2.17. The van der Waals surface area contributed by atoms with Crippen molar-refractivity contribution < 1.29 is 13.2 Å². The third-order valence-electron chi connectivity index (χ3n) is 3.58. The van der Waals surface area contributed by atoms with Crippen molar-refractivity contribution >= 4 is 33.2 Å². The van der Waals surface area contributed by atoms with E-state index in [4.69, 9.17) is 0 Å². The fourth-order valence-corrected chi connectivity index (χ4v) is 5.72. The zero-order chi connectivity index (χ0) is 16.2. The Balaban J connectivity index is 1.71. The molecular weight excluding hydrogens is 320 g/mol. The molecule has 1 aromatic carbocycles. The summed E-state index contributed by atoms with van der Waals surface area (Å²) >= 11 is 1.44. The summed E-state index contributed by atoms with van der Waals surface area (Å²) in [7, 11) is 1.10. The maximum atomic E-state index is 11.8. The molecule has 1 atom stereocenters. The smallest absolute Gasteiger partial charge is 0.230 e. The van der Waals surface area contributed by atoms with E-state index in [1.165, 1.54) is 11.8 Å². The Morgan fingerprint density at radius 3 is 2.55 bits per heavy atom. The Bertz CT molecular complexity index is 612. The van der Waals surface area contributed by atoms with Crippen LogP contribution in [0.15, 0.2) is 24.3 Å². The maximum absolute atomic E-state index is 11.8. The maximum Gasteiger partial charge on any atom is 0.230 e. The van der Waals surface area contributed by atoms with Crippen molar-refractivity contribution in [1.82, 2.24) is 5.32 Å². The van der Waals surface area contributed by atoms with Gasteiger partial charge in [-0.15, -0.1) is 11.8 Å². The number of carbonyl (C=O) groups excluding carboxylic acids is 1. The second kappa shape index (κ2) is 7.37. The summed E-state index contributed by atoms with van der Waals surface area (Å²) in [5.74, 6) is 0.725. The van der Waals surface area contributed by atoms with Gasteiger partial charge in [-0.2, -0.15) is 0 Å². The largest absolute Gasteiger partial charge is 0.378 e. The van der Waals surface area contributed by atoms with Gasteiger partial charge in [0, 0.05) is 31.6 Å². The molecule has 0 aliphatic carbocycles. The summed E-state index contributed by atoms with van der Waals surface area (Å²) in [5, 5.41) is 2.93. The van der Waals surface area contributed by atoms with Gasteiger partial charge >= 0.3 is 0 Å². The zero-order valence-corrected chi connectivity index (χ0v) is 14.5. The van der Waals surface area contributed by atoms with Gasteiger partial charge in [0.2, 0.25) is 5.91 Å². The molecule has 5 nitrogen and oxygen atoms in total. The minimum atomic E-state index is -2.87. The first kappa shape index (κ1) is 17.1. The molecule has 0 radical (unpaired) electrons. The van der Waals surface area contributed by atoms with Crippen molar-refractivity contribution in [2.75, 3.05) is 36.3 Å². The van der Waals surface area contributed by atoms with E-state index in [2.05, 4.69) is 5.32 Å². The van der Waals surface area contributed by atoms with E-state index in [9.17, 15) is 13.2 Å². The van der Waals surface area contributed by atoms with E-state index < -0.39 is 9.84 Å². The first-order valence-electron chi connectivity index (χ1n) is 7.21. The number of nitrogens with zero attached hydrogens (tertiary/aromatic N) is 1. The van der Waals surface area contributed by atoms with E-state index in [0.29, 0.717) is 18.7 Å². The van der Waals surface area contributed by atoms with E-state index >= 15 is 0 Å². The number of anilines is 1. The molecule has 2 rings (SSSR count). The van der Waals surface area contributed by atoms with E-state index in [1.807, 2.05) is 43.3 Å². The van der Waals surface area contributed by atoms with Crippen LogP contribution in [0.1, 0.15) is 12.0 Å². The zero-order valence-electron chi connectivity index (χ0n) is 12.9. The summed E-state index contributed by atoms with van der Waals surface area (Å²) in [4.78, 5) is 13.8. The molecule has 122 valence electrons. The summed E-state index contributed by atoms with van der Waals surface area (Å²) < 4.78 is 22.7. The SMILES string of the molecule is CN(C)c1ccc(CNC(=O)CS[C@H]2CCS(=O)(=O)C2)cc1. The molecule has 0 unspecified atom stereocenters. The Hall–Kier alpha value is -1.21. The quantitative estimate of drug-likeness (QED) is 0.844. The molecule has 0 bridgehead atoms. The summed E-state index contributed by atoms with van der Waals surface area (Å²) in [6, 6.07) is 8.01. The van der Waals surface area contributed by atoms with E-state index in [-0.39, 0.29) is 22.7 Å². The van der Waals surface area contributed by atoms with Crippen molar-refractivity contribution in [3.8, 4) is 0 Å². The molecule has 1 fully saturated rings. The summed E-state index contributed by atoms with van der Waals surface area (Å²) in [6.45, 7) is 0.496. The highest BCUT2D eigenvalue weighted by molar-refractivity contribution is 8.02. The van der Waals surface area contributed by atoms with Gasteiger partial charge in [-0.25, -0.2) is 8.42 Å². The number of hydrogen-bond acceptors (Lipinski definition) is 5. The Morgan fingerprint density at radius 2 is 2.00 bits per heavy atom. The van der Waals surface area contributed by atoms with Crippen LogP contribution in [0.5, 0.6) is 0 Å². The molecular formula is C15H22N2O3S2. The first-order valence-corrected chi connectivity index (χ1v) is 10.1. The van der Waals surface area contributed by atoms with Crippen molar-refractivity contribution in [2.24, 2.45) is 0 Å². The fraction of sp³-hybridized carbons (Fsp3) is 0.533. The number of benzene rings is 1. The number of nitrogens with one attached hydrogen (secondary N) is 1. The fourth-order valence-electron chi connectivity index (χ4n) is 2.25. The Morgan fingerprint density at radius 1 is 1.32 bits per heavy atom. The van der Waals surface area contributed by atoms with Gasteiger partial charge in [-0.05, 0) is 24.1 Å². The highest BCUT2D eigenvalue weighted by atomic mass is 32.2. The van der Waals surface area contributed by atoms with Gasteiger partial charge in [0.1, 0.15) is 0 Å². The number of amides is 1. The first-order chi connectivity index (χ1) is 10.4. The average molecular weight is 342 g/mol. The van der Waals surface area contributed by atoms with Gasteiger partial charge in [0.25, 0.3) is 0 Å². The molecule has 7 heteroatoms.